The van der Waals surface area contributed by atoms with Crippen LogP contribution in [0.4, 0.5) is 0 Å². The summed E-state index contributed by atoms with van der Waals surface area (Å²) in [6.45, 7) is 7.84. The van der Waals surface area contributed by atoms with Gasteiger partial charge < -0.3 is 4.74 Å². The first-order valence-corrected chi connectivity index (χ1v) is 13.6. The number of rotatable bonds is 14. The Hall–Kier alpha value is -0.800. The molecular formula is C19H32N2O4S3. The molecule has 2 atom stereocenters. The largest absolute Gasteiger partial charge is 0.460 e. The number of hydrogen-bond donors (Lipinski definition) is 0. The van der Waals surface area contributed by atoms with Gasteiger partial charge in [-0.25, -0.2) is 9.97 Å². The predicted octanol–water partition coefficient (Wildman–Crippen LogP) is 3.19. The van der Waals surface area contributed by atoms with E-state index in [1.54, 1.807) is 0 Å². The smallest absolute Gasteiger partial charge is 0.316 e. The van der Waals surface area contributed by atoms with Gasteiger partial charge in [0.2, 0.25) is 0 Å². The van der Waals surface area contributed by atoms with E-state index in [9.17, 15) is 13.2 Å². The monoisotopic (exact) mass is 448 g/mol. The van der Waals surface area contributed by atoms with Crippen molar-refractivity contribution in [2.75, 3.05) is 28.8 Å². The minimum Gasteiger partial charge on any atom is -0.460 e. The average molecular weight is 449 g/mol. The molecule has 1 rings (SSSR count). The Kier molecular flexibility index (Phi) is 12.8. The van der Waals surface area contributed by atoms with Crippen molar-refractivity contribution in [1.29, 1.82) is 0 Å². The summed E-state index contributed by atoms with van der Waals surface area (Å²) in [6, 6.07) is 1.87. The first-order valence-electron chi connectivity index (χ1n) is 9.68. The van der Waals surface area contributed by atoms with Crippen LogP contribution in [0.3, 0.4) is 0 Å². The van der Waals surface area contributed by atoms with E-state index in [2.05, 4.69) is 9.97 Å². The van der Waals surface area contributed by atoms with Gasteiger partial charge in [0.15, 0.2) is 5.16 Å². The summed E-state index contributed by atoms with van der Waals surface area (Å²) < 4.78 is 30.0. The second-order valence-corrected chi connectivity index (χ2v) is 10.8. The molecule has 0 spiro atoms. The third-order valence-electron chi connectivity index (χ3n) is 3.77. The van der Waals surface area contributed by atoms with Crippen LogP contribution in [0, 0.1) is 13.8 Å². The minimum atomic E-state index is -1.08. The van der Waals surface area contributed by atoms with Crippen LogP contribution in [0.15, 0.2) is 11.2 Å². The lowest BCUT2D eigenvalue weighted by Crippen LogP contribution is -2.32. The zero-order valence-electron chi connectivity index (χ0n) is 17.3. The molecule has 2 unspecified atom stereocenters. The molecule has 160 valence electrons. The van der Waals surface area contributed by atoms with Crippen molar-refractivity contribution < 1.29 is 17.9 Å². The van der Waals surface area contributed by atoms with Crippen LogP contribution in [-0.2, 0) is 31.1 Å². The predicted molar refractivity (Wildman–Crippen MR) is 118 cm³/mol. The average Bonchev–Trinajstić information content (AvgIpc) is 2.62. The van der Waals surface area contributed by atoms with Crippen LogP contribution >= 0.6 is 11.8 Å². The van der Waals surface area contributed by atoms with Gasteiger partial charge in [-0.1, -0.05) is 38.5 Å². The van der Waals surface area contributed by atoms with E-state index in [4.69, 9.17) is 4.74 Å². The summed E-state index contributed by atoms with van der Waals surface area (Å²) in [5, 5.41) is 0.532. The quantitative estimate of drug-likeness (QED) is 0.245. The van der Waals surface area contributed by atoms with E-state index in [-0.39, 0.29) is 17.3 Å². The number of carbonyl (C=O) groups is 1. The van der Waals surface area contributed by atoms with Crippen molar-refractivity contribution in [3.8, 4) is 0 Å². The van der Waals surface area contributed by atoms with Crippen molar-refractivity contribution in [1.82, 2.24) is 9.97 Å². The molecule has 1 aromatic rings. The maximum atomic E-state index is 12.3. The van der Waals surface area contributed by atoms with Gasteiger partial charge in [-0.2, -0.15) is 0 Å². The van der Waals surface area contributed by atoms with Crippen LogP contribution in [-0.4, -0.2) is 59.2 Å². The molecule has 9 heteroatoms. The molecule has 0 saturated carbocycles. The molecule has 0 radical (unpaired) electrons. The van der Waals surface area contributed by atoms with Gasteiger partial charge in [-0.05, 0) is 32.8 Å². The van der Waals surface area contributed by atoms with Gasteiger partial charge in [-0.3, -0.25) is 13.2 Å². The molecule has 6 nitrogen and oxygen atoms in total. The number of nitrogens with zero attached hydrogens (tertiary/aromatic N) is 2. The third-order valence-corrected chi connectivity index (χ3v) is 7.57. The van der Waals surface area contributed by atoms with E-state index in [0.29, 0.717) is 16.7 Å². The number of thioether (sulfide) groups is 1. The van der Waals surface area contributed by atoms with Gasteiger partial charge in [0.25, 0.3) is 0 Å². The number of hydrogen-bond acceptors (Lipinski definition) is 7. The summed E-state index contributed by atoms with van der Waals surface area (Å²) in [4.78, 5) is 20.9. The Morgan fingerprint density at radius 3 is 2.00 bits per heavy atom. The van der Waals surface area contributed by atoms with Crippen LogP contribution in [0.1, 0.15) is 50.9 Å². The maximum Gasteiger partial charge on any atom is 0.316 e. The lowest BCUT2D eigenvalue weighted by Gasteiger charge is -2.17. The van der Waals surface area contributed by atoms with Gasteiger partial charge >= 0.3 is 5.97 Å². The Balaban J connectivity index is 2.62. The number of carbonyl (C=O) groups excluding carboxylic acids is 1. The zero-order chi connectivity index (χ0) is 20.9. The van der Waals surface area contributed by atoms with Crippen LogP contribution in [0.25, 0.3) is 0 Å². The molecule has 0 aliphatic heterocycles. The molecule has 1 heterocycles. The van der Waals surface area contributed by atoms with Crippen molar-refractivity contribution in [2.45, 2.75) is 64.6 Å². The molecule has 0 aliphatic carbocycles. The molecule has 1 aromatic heterocycles. The van der Waals surface area contributed by atoms with Gasteiger partial charge in [0.1, 0.15) is 6.10 Å². The SMILES string of the molecule is CCCCS(=O)CC(CS(=O)CCCC)OC(=O)CSc1nc(C)cc(C)n1. The molecular weight excluding hydrogens is 416 g/mol. The summed E-state index contributed by atoms with van der Waals surface area (Å²) in [6.07, 6.45) is 3.08. The molecule has 0 saturated heterocycles. The highest BCUT2D eigenvalue weighted by molar-refractivity contribution is 7.99. The fourth-order valence-electron chi connectivity index (χ4n) is 2.41. The Morgan fingerprint density at radius 2 is 1.54 bits per heavy atom. The molecule has 28 heavy (non-hydrogen) atoms. The van der Waals surface area contributed by atoms with Crippen molar-refractivity contribution in [3.63, 3.8) is 0 Å². The second kappa shape index (κ2) is 14.2. The van der Waals surface area contributed by atoms with Gasteiger partial charge in [0.05, 0.1) is 17.3 Å². The van der Waals surface area contributed by atoms with Crippen molar-refractivity contribution in [3.05, 3.63) is 17.5 Å². The lowest BCUT2D eigenvalue weighted by atomic mass is 10.4. The van der Waals surface area contributed by atoms with Crippen LogP contribution in [0.5, 0.6) is 0 Å². The number of ether oxygens (including phenoxy) is 1. The first-order chi connectivity index (χ1) is 13.3. The molecule has 0 N–H and O–H groups in total. The van der Waals surface area contributed by atoms with Crippen molar-refractivity contribution in [2.24, 2.45) is 0 Å². The first kappa shape index (κ1) is 25.2. The van der Waals surface area contributed by atoms with Gasteiger partial charge in [-0.15, -0.1) is 0 Å². The standard InChI is InChI=1S/C19H32N2O4S3/c1-5-7-9-27(23)13-17(14-28(24)10-8-6-2)25-18(22)12-26-19-20-15(3)11-16(4)21-19/h11,17H,5-10,12-14H2,1-4H3. The number of aromatic nitrogens is 2. The number of aryl methyl sites for hydroxylation is 2. The molecule has 0 aliphatic rings. The Morgan fingerprint density at radius 1 is 1.04 bits per heavy atom. The van der Waals surface area contributed by atoms with E-state index in [1.165, 1.54) is 11.8 Å². The highest BCUT2D eigenvalue weighted by Crippen LogP contribution is 2.15. The lowest BCUT2D eigenvalue weighted by molar-refractivity contribution is -0.143. The van der Waals surface area contributed by atoms with Crippen LogP contribution < -0.4 is 0 Å². The highest BCUT2D eigenvalue weighted by atomic mass is 32.2. The fraction of sp³-hybridized carbons (Fsp3) is 0.737. The Bertz CT molecular complexity index is 628. The minimum absolute atomic E-state index is 0.0720. The number of esters is 1. The van der Waals surface area contributed by atoms with E-state index in [0.717, 1.165) is 37.1 Å². The van der Waals surface area contributed by atoms with Crippen molar-refractivity contribution >= 4 is 39.3 Å². The Labute approximate surface area is 177 Å². The topological polar surface area (TPSA) is 86.2 Å². The fourth-order valence-corrected chi connectivity index (χ4v) is 6.05. The summed E-state index contributed by atoms with van der Waals surface area (Å²) >= 11 is 1.22. The third kappa shape index (κ3) is 11.3. The molecule has 0 bridgehead atoms. The van der Waals surface area contributed by atoms with E-state index < -0.39 is 33.7 Å². The molecule has 0 fully saturated rings. The normalized spacial score (nSPS) is 14.4. The highest BCUT2D eigenvalue weighted by Gasteiger charge is 2.21. The van der Waals surface area contributed by atoms with Gasteiger partial charge in [0, 0.05) is 44.5 Å². The van der Waals surface area contributed by atoms with Crippen LogP contribution in [0.2, 0.25) is 0 Å². The van der Waals surface area contributed by atoms with E-state index in [1.807, 2.05) is 33.8 Å². The molecule has 0 aromatic carbocycles. The van der Waals surface area contributed by atoms with E-state index >= 15 is 0 Å². The maximum absolute atomic E-state index is 12.3. The zero-order valence-corrected chi connectivity index (χ0v) is 19.7. The molecule has 0 amide bonds. The second-order valence-electron chi connectivity index (χ2n) is 6.66. The number of unbranched alkanes of at least 4 members (excludes halogenated alkanes) is 2. The summed E-state index contributed by atoms with van der Waals surface area (Å²) in [5.41, 5.74) is 1.69. The summed E-state index contributed by atoms with van der Waals surface area (Å²) in [5.74, 6) is 1.30. The summed E-state index contributed by atoms with van der Waals surface area (Å²) in [7, 11) is -2.16.